The molecule has 0 aliphatic rings. The van der Waals surface area contributed by atoms with Gasteiger partial charge in [0.1, 0.15) is 0 Å². The summed E-state index contributed by atoms with van der Waals surface area (Å²) in [6.45, 7) is 3.67. The largest absolute Gasteiger partial charge is 0.382 e. The lowest BCUT2D eigenvalue weighted by atomic mass is 10.2. The lowest BCUT2D eigenvalue weighted by molar-refractivity contribution is 0.0921. The first-order valence-corrected chi connectivity index (χ1v) is 5.13. The van der Waals surface area contributed by atoms with E-state index in [0.717, 1.165) is 31.4 Å². The molecule has 1 atom stereocenters. The number of alkyl halides is 1. The van der Waals surface area contributed by atoms with Gasteiger partial charge in [-0.2, -0.15) is 0 Å². The molecule has 0 unspecified atom stereocenters. The van der Waals surface area contributed by atoms with E-state index in [9.17, 15) is 0 Å². The highest BCUT2D eigenvalue weighted by Gasteiger charge is 2.03. The Morgan fingerprint density at radius 2 is 2.18 bits per heavy atom. The topological polar surface area (TPSA) is 18.5 Å². The standard InChI is InChI=1S/C8H17BrO2/c1-3-11-6-4-5-8(7-9)10-2/h8H,3-7H2,1-2H3/t8-/m1/s1. The number of methoxy groups -OCH3 is 1. The molecule has 3 heteroatoms. The summed E-state index contributed by atoms with van der Waals surface area (Å²) >= 11 is 3.38. The van der Waals surface area contributed by atoms with Crippen LogP contribution in [0.3, 0.4) is 0 Å². The van der Waals surface area contributed by atoms with Crippen molar-refractivity contribution in [3.63, 3.8) is 0 Å². The highest BCUT2D eigenvalue weighted by molar-refractivity contribution is 9.09. The monoisotopic (exact) mass is 224 g/mol. The first kappa shape index (κ1) is 11.4. The van der Waals surface area contributed by atoms with Crippen molar-refractivity contribution >= 4 is 15.9 Å². The van der Waals surface area contributed by atoms with Gasteiger partial charge in [0.25, 0.3) is 0 Å². The quantitative estimate of drug-likeness (QED) is 0.488. The summed E-state index contributed by atoms with van der Waals surface area (Å²) in [7, 11) is 1.74. The SMILES string of the molecule is CCOCCC[C@H](CBr)OC. The maximum Gasteiger partial charge on any atom is 0.0668 e. The lowest BCUT2D eigenvalue weighted by Crippen LogP contribution is -2.12. The Morgan fingerprint density at radius 1 is 1.45 bits per heavy atom. The minimum Gasteiger partial charge on any atom is -0.382 e. The van der Waals surface area contributed by atoms with Gasteiger partial charge in [0.15, 0.2) is 0 Å². The van der Waals surface area contributed by atoms with Gasteiger partial charge in [-0.3, -0.25) is 0 Å². The third-order valence-electron chi connectivity index (χ3n) is 1.52. The molecule has 0 saturated carbocycles. The van der Waals surface area contributed by atoms with Gasteiger partial charge in [-0.15, -0.1) is 0 Å². The molecule has 0 fully saturated rings. The molecule has 68 valence electrons. The van der Waals surface area contributed by atoms with Crippen LogP contribution in [0.1, 0.15) is 19.8 Å². The van der Waals surface area contributed by atoms with Crippen LogP contribution < -0.4 is 0 Å². The van der Waals surface area contributed by atoms with Crippen molar-refractivity contribution in [3.05, 3.63) is 0 Å². The van der Waals surface area contributed by atoms with E-state index in [2.05, 4.69) is 15.9 Å². The molecular formula is C8H17BrO2. The Kier molecular flexibility index (Phi) is 8.81. The third kappa shape index (κ3) is 6.78. The average molecular weight is 225 g/mol. The molecular weight excluding hydrogens is 208 g/mol. The Bertz CT molecular complexity index is 74.5. The zero-order valence-electron chi connectivity index (χ0n) is 7.31. The minimum absolute atomic E-state index is 0.343. The van der Waals surface area contributed by atoms with E-state index in [1.807, 2.05) is 6.92 Å². The third-order valence-corrected chi connectivity index (χ3v) is 2.25. The predicted molar refractivity (Wildman–Crippen MR) is 50.3 cm³/mol. The maximum absolute atomic E-state index is 5.20. The van der Waals surface area contributed by atoms with E-state index in [1.165, 1.54) is 0 Å². The van der Waals surface area contributed by atoms with Crippen molar-refractivity contribution in [2.45, 2.75) is 25.9 Å². The number of hydrogen-bond donors (Lipinski definition) is 0. The van der Waals surface area contributed by atoms with Crippen molar-refractivity contribution in [2.24, 2.45) is 0 Å². The second kappa shape index (κ2) is 8.50. The first-order valence-electron chi connectivity index (χ1n) is 4.01. The molecule has 0 aromatic rings. The summed E-state index contributed by atoms with van der Waals surface area (Å²) < 4.78 is 10.4. The molecule has 0 saturated heterocycles. The van der Waals surface area contributed by atoms with E-state index in [4.69, 9.17) is 9.47 Å². The number of rotatable bonds is 7. The predicted octanol–water partition coefficient (Wildman–Crippen LogP) is 2.21. The Hall–Kier alpha value is 0.400. The molecule has 2 nitrogen and oxygen atoms in total. The van der Waals surface area contributed by atoms with Gasteiger partial charge < -0.3 is 9.47 Å². The van der Waals surface area contributed by atoms with Gasteiger partial charge in [-0.25, -0.2) is 0 Å². The Morgan fingerprint density at radius 3 is 2.64 bits per heavy atom. The molecule has 0 spiro atoms. The van der Waals surface area contributed by atoms with Crippen LogP contribution in [0.4, 0.5) is 0 Å². The summed E-state index contributed by atoms with van der Waals surface area (Å²) in [5.41, 5.74) is 0. The molecule has 11 heavy (non-hydrogen) atoms. The number of halogens is 1. The van der Waals surface area contributed by atoms with Crippen molar-refractivity contribution in [1.29, 1.82) is 0 Å². The highest BCUT2D eigenvalue weighted by Crippen LogP contribution is 2.04. The number of hydrogen-bond acceptors (Lipinski definition) is 2. The van der Waals surface area contributed by atoms with Crippen LogP contribution in [-0.4, -0.2) is 31.8 Å². The van der Waals surface area contributed by atoms with E-state index >= 15 is 0 Å². The zero-order valence-corrected chi connectivity index (χ0v) is 8.89. The van der Waals surface area contributed by atoms with E-state index in [0.29, 0.717) is 6.10 Å². The second-order valence-corrected chi connectivity index (χ2v) is 3.00. The fourth-order valence-electron chi connectivity index (χ4n) is 0.815. The summed E-state index contributed by atoms with van der Waals surface area (Å²) in [4.78, 5) is 0. The Labute approximate surface area is 77.4 Å². The van der Waals surface area contributed by atoms with Gasteiger partial charge in [-0.1, -0.05) is 15.9 Å². The van der Waals surface area contributed by atoms with Crippen LogP contribution in [0, 0.1) is 0 Å². The smallest absolute Gasteiger partial charge is 0.0668 e. The first-order chi connectivity index (χ1) is 5.35. The van der Waals surface area contributed by atoms with Crippen LogP contribution >= 0.6 is 15.9 Å². The molecule has 0 N–H and O–H groups in total. The van der Waals surface area contributed by atoms with E-state index in [1.54, 1.807) is 7.11 Å². The normalized spacial score (nSPS) is 13.4. The van der Waals surface area contributed by atoms with Crippen LogP contribution in [0.5, 0.6) is 0 Å². The molecule has 0 aliphatic heterocycles. The molecule has 0 heterocycles. The molecule has 0 radical (unpaired) electrons. The van der Waals surface area contributed by atoms with Crippen molar-refractivity contribution in [1.82, 2.24) is 0 Å². The summed E-state index contributed by atoms with van der Waals surface area (Å²) in [6.07, 6.45) is 2.50. The summed E-state index contributed by atoms with van der Waals surface area (Å²) in [5, 5.41) is 0.912. The van der Waals surface area contributed by atoms with Gasteiger partial charge >= 0.3 is 0 Å². The summed E-state index contributed by atoms with van der Waals surface area (Å²) in [5.74, 6) is 0. The minimum atomic E-state index is 0.343. The van der Waals surface area contributed by atoms with Crippen LogP contribution in [0.15, 0.2) is 0 Å². The van der Waals surface area contributed by atoms with Crippen LogP contribution in [0.25, 0.3) is 0 Å². The molecule has 0 aromatic heterocycles. The van der Waals surface area contributed by atoms with Gasteiger partial charge in [-0.05, 0) is 19.8 Å². The number of ether oxygens (including phenoxy) is 2. The maximum atomic E-state index is 5.20. The molecule has 0 bridgehead atoms. The van der Waals surface area contributed by atoms with E-state index in [-0.39, 0.29) is 0 Å². The fraction of sp³-hybridized carbons (Fsp3) is 1.00. The van der Waals surface area contributed by atoms with Gasteiger partial charge in [0, 0.05) is 25.7 Å². The van der Waals surface area contributed by atoms with Crippen molar-refractivity contribution in [2.75, 3.05) is 25.7 Å². The second-order valence-electron chi connectivity index (χ2n) is 2.35. The van der Waals surface area contributed by atoms with E-state index < -0.39 is 0 Å². The zero-order chi connectivity index (χ0) is 8.53. The van der Waals surface area contributed by atoms with Crippen molar-refractivity contribution < 1.29 is 9.47 Å². The fourth-order valence-corrected chi connectivity index (χ4v) is 1.40. The molecule has 0 amide bonds. The summed E-state index contributed by atoms with van der Waals surface area (Å²) in [6, 6.07) is 0. The van der Waals surface area contributed by atoms with Crippen LogP contribution in [0.2, 0.25) is 0 Å². The average Bonchev–Trinajstić information content (AvgIpc) is 2.05. The van der Waals surface area contributed by atoms with Crippen molar-refractivity contribution in [3.8, 4) is 0 Å². The van der Waals surface area contributed by atoms with Crippen LogP contribution in [-0.2, 0) is 9.47 Å². The molecule has 0 rings (SSSR count). The Balaban J connectivity index is 3.07. The molecule has 0 aliphatic carbocycles. The molecule has 0 aromatic carbocycles. The highest BCUT2D eigenvalue weighted by atomic mass is 79.9. The van der Waals surface area contributed by atoms with Gasteiger partial charge in [0.05, 0.1) is 6.10 Å². The lowest BCUT2D eigenvalue weighted by Gasteiger charge is -2.10. The van der Waals surface area contributed by atoms with Gasteiger partial charge in [0.2, 0.25) is 0 Å².